The monoisotopic (exact) mass is 316 g/mol. The van der Waals surface area contributed by atoms with Gasteiger partial charge in [-0.15, -0.1) is 0 Å². The average molecular weight is 316 g/mol. The van der Waals surface area contributed by atoms with Crippen molar-refractivity contribution < 1.29 is 30.3 Å². The molecule has 0 spiro atoms. The smallest absolute Gasteiger partial charge is 0.151 e. The highest BCUT2D eigenvalue weighted by atomic mass is 16.4. The molecule has 0 saturated carbocycles. The number of hydrogen-bond donors (Lipinski definition) is 5. The lowest BCUT2D eigenvalue weighted by Gasteiger charge is -2.22. The van der Waals surface area contributed by atoms with E-state index in [2.05, 4.69) is 9.97 Å². The van der Waals surface area contributed by atoms with Gasteiger partial charge in [0.05, 0.1) is 29.4 Å². The van der Waals surface area contributed by atoms with Crippen LogP contribution in [-0.4, -0.2) is 72.8 Å². The number of hydrogen-bond acceptors (Lipinski definition) is 8. The van der Waals surface area contributed by atoms with E-state index in [0.717, 1.165) is 22.8 Å². The molecular weight excluding hydrogens is 292 g/mol. The first kappa shape index (κ1) is 20.6. The Balaban J connectivity index is 0.000000406. The molecule has 0 saturated heterocycles. The number of rotatable bonds is 5. The fraction of sp³-hybridized carbons (Fsp3) is 0.643. The van der Waals surface area contributed by atoms with Crippen LogP contribution < -0.4 is 0 Å². The molecule has 0 aliphatic rings. The Morgan fingerprint density at radius 1 is 0.864 bits per heavy atom. The molecule has 1 heterocycles. The van der Waals surface area contributed by atoms with Crippen LogP contribution in [0.2, 0.25) is 0 Å². The zero-order valence-electron chi connectivity index (χ0n) is 13.1. The Morgan fingerprint density at radius 2 is 1.23 bits per heavy atom. The first-order chi connectivity index (χ1) is 10.1. The van der Waals surface area contributed by atoms with Crippen molar-refractivity contribution >= 4 is 6.29 Å². The van der Waals surface area contributed by atoms with Gasteiger partial charge in [0.2, 0.25) is 0 Å². The van der Waals surface area contributed by atoms with Gasteiger partial charge in [0, 0.05) is 0 Å². The first-order valence-electron chi connectivity index (χ1n) is 6.72. The summed E-state index contributed by atoms with van der Waals surface area (Å²) < 4.78 is 0. The van der Waals surface area contributed by atoms with Gasteiger partial charge in [-0.25, -0.2) is 0 Å². The van der Waals surface area contributed by atoms with Crippen LogP contribution in [0.25, 0.3) is 0 Å². The summed E-state index contributed by atoms with van der Waals surface area (Å²) in [5.41, 5.74) is 4.12. The quantitative estimate of drug-likeness (QED) is 0.406. The highest BCUT2D eigenvalue weighted by Gasteiger charge is 2.29. The summed E-state index contributed by atoms with van der Waals surface area (Å²) in [7, 11) is 0. The lowest BCUT2D eigenvalue weighted by Crippen LogP contribution is -2.46. The fourth-order valence-corrected chi connectivity index (χ4v) is 1.44. The maximum atomic E-state index is 9.90. The standard InChI is InChI=1S/C8H12N2.C6H12O6/c1-5-6(2)10-8(4)7(3)9-5;7-1-3(9)5(11)6(12)4(10)2-8/h1-4H3;1,3-6,8-12H,2H2/t;3-,4+,5+,6+/m.0/s1. The number of carbonyl (C=O) groups excluding carboxylic acids is 1. The number of aromatic nitrogens is 2. The highest BCUT2D eigenvalue weighted by Crippen LogP contribution is 2.04. The zero-order valence-corrected chi connectivity index (χ0v) is 13.1. The highest BCUT2D eigenvalue weighted by molar-refractivity contribution is 5.56. The van der Waals surface area contributed by atoms with E-state index in [1.165, 1.54) is 0 Å². The van der Waals surface area contributed by atoms with Gasteiger partial charge in [0.25, 0.3) is 0 Å². The zero-order chi connectivity index (χ0) is 17.4. The minimum Gasteiger partial charge on any atom is -0.394 e. The number of nitrogens with zero attached hydrogens (tertiary/aromatic N) is 2. The largest absolute Gasteiger partial charge is 0.394 e. The van der Waals surface area contributed by atoms with E-state index in [0.29, 0.717) is 0 Å². The third-order valence-electron chi connectivity index (χ3n) is 3.14. The van der Waals surface area contributed by atoms with Crippen LogP contribution in [0.15, 0.2) is 0 Å². The number of aryl methyl sites for hydroxylation is 4. The van der Waals surface area contributed by atoms with Gasteiger partial charge in [-0.05, 0) is 27.7 Å². The van der Waals surface area contributed by atoms with Crippen LogP contribution in [0, 0.1) is 27.7 Å². The SMILES string of the molecule is Cc1nc(C)c(C)nc1C.O=C[C@H](O)[C@@H](O)[C@H](O)[C@H](O)CO. The molecule has 0 amide bonds. The molecule has 5 N–H and O–H groups in total. The molecule has 0 bridgehead atoms. The first-order valence-corrected chi connectivity index (χ1v) is 6.72. The lowest BCUT2D eigenvalue weighted by atomic mass is 10.0. The number of carbonyl (C=O) groups is 1. The maximum absolute atomic E-state index is 9.90. The molecule has 8 nitrogen and oxygen atoms in total. The molecule has 0 unspecified atom stereocenters. The van der Waals surface area contributed by atoms with E-state index in [1.807, 2.05) is 27.7 Å². The van der Waals surface area contributed by atoms with E-state index >= 15 is 0 Å². The topological polar surface area (TPSA) is 144 Å². The number of aliphatic hydroxyl groups excluding tert-OH is 5. The van der Waals surface area contributed by atoms with Gasteiger partial charge in [-0.3, -0.25) is 9.97 Å². The molecule has 0 aromatic carbocycles. The third kappa shape index (κ3) is 6.12. The molecule has 4 atom stereocenters. The van der Waals surface area contributed by atoms with Crippen molar-refractivity contribution in [3.05, 3.63) is 22.8 Å². The van der Waals surface area contributed by atoms with Crippen LogP contribution in [-0.2, 0) is 4.79 Å². The lowest BCUT2D eigenvalue weighted by molar-refractivity contribution is -0.136. The molecule has 0 radical (unpaired) electrons. The Kier molecular flexibility index (Phi) is 8.91. The summed E-state index contributed by atoms with van der Waals surface area (Å²) in [6.45, 7) is 7.16. The molecule has 1 aromatic rings. The normalized spacial score (nSPS) is 16.0. The van der Waals surface area contributed by atoms with Crippen LogP contribution in [0.3, 0.4) is 0 Å². The Hall–Kier alpha value is -1.45. The second kappa shape index (κ2) is 9.54. The summed E-state index contributed by atoms with van der Waals surface area (Å²) >= 11 is 0. The minimum absolute atomic E-state index is 0.0258. The number of aldehydes is 1. The molecule has 1 aromatic heterocycles. The summed E-state index contributed by atoms with van der Waals surface area (Å²) in [5.74, 6) is 0. The van der Waals surface area contributed by atoms with E-state index in [9.17, 15) is 4.79 Å². The molecule has 8 heteroatoms. The van der Waals surface area contributed by atoms with Crippen molar-refractivity contribution in [1.29, 1.82) is 0 Å². The van der Waals surface area contributed by atoms with E-state index in [4.69, 9.17) is 25.5 Å². The van der Waals surface area contributed by atoms with Crippen molar-refractivity contribution in [1.82, 2.24) is 9.97 Å². The van der Waals surface area contributed by atoms with Crippen molar-refractivity contribution in [2.45, 2.75) is 52.1 Å². The molecular formula is C14H24N2O6. The molecule has 126 valence electrons. The van der Waals surface area contributed by atoms with Crippen molar-refractivity contribution in [2.24, 2.45) is 0 Å². The minimum atomic E-state index is -1.79. The van der Waals surface area contributed by atoms with Crippen molar-refractivity contribution in [3.63, 3.8) is 0 Å². The maximum Gasteiger partial charge on any atom is 0.151 e. The Labute approximate surface area is 129 Å². The summed E-state index contributed by atoms with van der Waals surface area (Å²) in [4.78, 5) is 18.5. The second-order valence-corrected chi connectivity index (χ2v) is 4.92. The van der Waals surface area contributed by atoms with Crippen LogP contribution in [0.4, 0.5) is 0 Å². The van der Waals surface area contributed by atoms with Crippen LogP contribution in [0.1, 0.15) is 22.8 Å². The predicted molar refractivity (Wildman–Crippen MR) is 78.2 cm³/mol. The third-order valence-corrected chi connectivity index (χ3v) is 3.14. The van der Waals surface area contributed by atoms with Crippen LogP contribution in [0.5, 0.6) is 0 Å². The molecule has 0 aliphatic carbocycles. The average Bonchev–Trinajstić information content (AvgIpc) is 2.50. The van der Waals surface area contributed by atoms with E-state index in [-0.39, 0.29) is 6.29 Å². The van der Waals surface area contributed by atoms with Gasteiger partial charge in [-0.2, -0.15) is 0 Å². The molecule has 0 aliphatic heterocycles. The molecule has 22 heavy (non-hydrogen) atoms. The van der Waals surface area contributed by atoms with E-state index in [1.54, 1.807) is 0 Å². The van der Waals surface area contributed by atoms with Crippen molar-refractivity contribution in [3.8, 4) is 0 Å². The molecule has 0 fully saturated rings. The predicted octanol–water partition coefficient (Wildman–Crippen LogP) is -1.67. The Morgan fingerprint density at radius 3 is 1.50 bits per heavy atom. The van der Waals surface area contributed by atoms with Gasteiger partial charge >= 0.3 is 0 Å². The molecule has 1 rings (SSSR count). The van der Waals surface area contributed by atoms with Gasteiger partial charge < -0.3 is 30.3 Å². The van der Waals surface area contributed by atoms with Gasteiger partial charge in [0.1, 0.15) is 24.4 Å². The fourth-order valence-electron chi connectivity index (χ4n) is 1.44. The van der Waals surface area contributed by atoms with E-state index < -0.39 is 31.0 Å². The van der Waals surface area contributed by atoms with Crippen LogP contribution >= 0.6 is 0 Å². The van der Waals surface area contributed by atoms with Gasteiger partial charge in [0.15, 0.2) is 6.29 Å². The Bertz CT molecular complexity index is 432. The second-order valence-electron chi connectivity index (χ2n) is 4.92. The summed E-state index contributed by atoms with van der Waals surface area (Å²) in [6, 6.07) is 0. The van der Waals surface area contributed by atoms with Crippen molar-refractivity contribution in [2.75, 3.05) is 6.61 Å². The summed E-state index contributed by atoms with van der Waals surface area (Å²) in [5, 5.41) is 43.5. The summed E-state index contributed by atoms with van der Waals surface area (Å²) in [6.07, 6.45) is -6.84. The number of aliphatic hydroxyl groups is 5. The van der Waals surface area contributed by atoms with Gasteiger partial charge in [-0.1, -0.05) is 0 Å².